The minimum Gasteiger partial charge on any atom is -0.464 e. The number of fused-ring (bicyclic) bond motifs is 1. The number of esters is 1. The lowest BCUT2D eigenvalue weighted by Gasteiger charge is -2.22. The van der Waals surface area contributed by atoms with Gasteiger partial charge in [-0.2, -0.15) is 0 Å². The van der Waals surface area contributed by atoms with Gasteiger partial charge in [0.05, 0.1) is 6.61 Å². The molecule has 1 amide bonds. The van der Waals surface area contributed by atoms with Crippen LogP contribution in [0.2, 0.25) is 0 Å². The molecule has 0 spiro atoms. The predicted octanol–water partition coefficient (Wildman–Crippen LogP) is 2.08. The third-order valence-corrected chi connectivity index (χ3v) is 3.15. The van der Waals surface area contributed by atoms with Gasteiger partial charge in [-0.25, -0.2) is 4.79 Å². The number of carbonyl (C=O) groups excluding carboxylic acids is 2. The number of benzene rings is 1. The molecule has 0 saturated heterocycles. The van der Waals surface area contributed by atoms with E-state index in [0.717, 1.165) is 11.3 Å². The van der Waals surface area contributed by atoms with Crippen molar-refractivity contribution < 1.29 is 14.3 Å². The minimum absolute atomic E-state index is 0.143. The standard InChI is InChI=1S/C15H17NO3/c1-3-4-9-19-15(18)14-10-12-7-5-6-8-13(12)16(14)11(2)17/h3,5-8,14H,1,4,9-10H2,2H3/t14-/m0/s1. The van der Waals surface area contributed by atoms with Crippen LogP contribution in [0, 0.1) is 0 Å². The van der Waals surface area contributed by atoms with Gasteiger partial charge in [0.1, 0.15) is 6.04 Å². The van der Waals surface area contributed by atoms with Gasteiger partial charge in [-0.3, -0.25) is 9.69 Å². The zero-order valence-electron chi connectivity index (χ0n) is 11.0. The molecule has 4 heteroatoms. The summed E-state index contributed by atoms with van der Waals surface area (Å²) >= 11 is 0. The number of rotatable bonds is 4. The van der Waals surface area contributed by atoms with Gasteiger partial charge in [-0.15, -0.1) is 6.58 Å². The zero-order valence-corrected chi connectivity index (χ0v) is 11.0. The Morgan fingerprint density at radius 1 is 1.47 bits per heavy atom. The van der Waals surface area contributed by atoms with Gasteiger partial charge in [0, 0.05) is 19.0 Å². The van der Waals surface area contributed by atoms with Crippen LogP contribution in [-0.4, -0.2) is 24.5 Å². The van der Waals surface area contributed by atoms with Crippen LogP contribution in [-0.2, 0) is 20.7 Å². The van der Waals surface area contributed by atoms with Gasteiger partial charge >= 0.3 is 5.97 Å². The summed E-state index contributed by atoms with van der Waals surface area (Å²) in [4.78, 5) is 25.3. The molecule has 1 atom stereocenters. The van der Waals surface area contributed by atoms with Gasteiger partial charge in [0.15, 0.2) is 0 Å². The van der Waals surface area contributed by atoms with Crippen molar-refractivity contribution in [2.45, 2.75) is 25.8 Å². The van der Waals surface area contributed by atoms with Crippen molar-refractivity contribution in [1.29, 1.82) is 0 Å². The van der Waals surface area contributed by atoms with Crippen molar-refractivity contribution in [2.75, 3.05) is 11.5 Å². The van der Waals surface area contributed by atoms with Crippen LogP contribution in [0.1, 0.15) is 18.9 Å². The molecule has 0 radical (unpaired) electrons. The average Bonchev–Trinajstić information content (AvgIpc) is 2.78. The Labute approximate surface area is 112 Å². The van der Waals surface area contributed by atoms with E-state index in [4.69, 9.17) is 4.74 Å². The highest BCUT2D eigenvalue weighted by Gasteiger charge is 2.37. The number of ether oxygens (including phenoxy) is 1. The lowest BCUT2D eigenvalue weighted by molar-refractivity contribution is -0.145. The summed E-state index contributed by atoms with van der Waals surface area (Å²) in [6, 6.07) is 7.01. The van der Waals surface area contributed by atoms with Gasteiger partial charge < -0.3 is 4.74 Å². The van der Waals surface area contributed by atoms with Crippen LogP contribution in [0.3, 0.4) is 0 Å². The number of carbonyl (C=O) groups is 2. The lowest BCUT2D eigenvalue weighted by Crippen LogP contribution is -2.42. The van der Waals surface area contributed by atoms with E-state index in [1.807, 2.05) is 24.3 Å². The Morgan fingerprint density at radius 3 is 2.89 bits per heavy atom. The van der Waals surface area contributed by atoms with E-state index >= 15 is 0 Å². The molecule has 1 heterocycles. The summed E-state index contributed by atoms with van der Waals surface area (Å²) in [6.07, 6.45) is 2.83. The fourth-order valence-electron chi connectivity index (χ4n) is 2.30. The Morgan fingerprint density at radius 2 is 2.21 bits per heavy atom. The van der Waals surface area contributed by atoms with Crippen molar-refractivity contribution in [3.63, 3.8) is 0 Å². The summed E-state index contributed by atoms with van der Waals surface area (Å²) in [5, 5.41) is 0. The molecule has 0 aromatic heterocycles. The summed E-state index contributed by atoms with van der Waals surface area (Å²) in [7, 11) is 0. The topological polar surface area (TPSA) is 46.6 Å². The molecule has 0 saturated carbocycles. The van der Waals surface area contributed by atoms with E-state index in [1.54, 1.807) is 6.08 Å². The van der Waals surface area contributed by atoms with Gasteiger partial charge in [0.2, 0.25) is 5.91 Å². The molecule has 1 aromatic carbocycles. The Hall–Kier alpha value is -2.10. The molecule has 1 aliphatic heterocycles. The van der Waals surface area contributed by atoms with E-state index in [0.29, 0.717) is 19.4 Å². The minimum atomic E-state index is -0.542. The predicted molar refractivity (Wildman–Crippen MR) is 72.9 cm³/mol. The molecule has 1 aromatic rings. The SMILES string of the molecule is C=CCCOC(=O)[C@@H]1Cc2ccccc2N1C(C)=O. The number of nitrogens with zero attached hydrogens (tertiary/aromatic N) is 1. The first-order valence-electron chi connectivity index (χ1n) is 6.30. The second-order valence-corrected chi connectivity index (χ2v) is 4.48. The van der Waals surface area contributed by atoms with E-state index in [-0.39, 0.29) is 11.9 Å². The van der Waals surface area contributed by atoms with E-state index in [9.17, 15) is 9.59 Å². The van der Waals surface area contributed by atoms with E-state index in [2.05, 4.69) is 6.58 Å². The molecular weight excluding hydrogens is 242 g/mol. The van der Waals surface area contributed by atoms with Crippen molar-refractivity contribution in [3.05, 3.63) is 42.5 Å². The van der Waals surface area contributed by atoms with Gasteiger partial charge in [-0.1, -0.05) is 24.3 Å². The second kappa shape index (κ2) is 5.69. The zero-order chi connectivity index (χ0) is 13.8. The third-order valence-electron chi connectivity index (χ3n) is 3.15. The number of amides is 1. The van der Waals surface area contributed by atoms with Gasteiger partial charge in [0.25, 0.3) is 0 Å². The van der Waals surface area contributed by atoms with Crippen LogP contribution in [0.5, 0.6) is 0 Å². The molecule has 4 nitrogen and oxygen atoms in total. The highest BCUT2D eigenvalue weighted by atomic mass is 16.5. The highest BCUT2D eigenvalue weighted by Crippen LogP contribution is 2.32. The van der Waals surface area contributed by atoms with Gasteiger partial charge in [-0.05, 0) is 18.1 Å². The molecule has 19 heavy (non-hydrogen) atoms. The highest BCUT2D eigenvalue weighted by molar-refractivity contribution is 6.01. The number of hydrogen-bond acceptors (Lipinski definition) is 3. The maximum atomic E-state index is 12.1. The number of para-hydroxylation sites is 1. The molecule has 100 valence electrons. The number of hydrogen-bond donors (Lipinski definition) is 0. The third kappa shape index (κ3) is 2.67. The molecule has 0 fully saturated rings. The van der Waals surface area contributed by atoms with Crippen LogP contribution >= 0.6 is 0 Å². The van der Waals surface area contributed by atoms with Crippen LogP contribution in [0.15, 0.2) is 36.9 Å². The van der Waals surface area contributed by atoms with Crippen molar-refractivity contribution in [2.24, 2.45) is 0 Å². The lowest BCUT2D eigenvalue weighted by atomic mass is 10.1. The average molecular weight is 259 g/mol. The molecule has 2 rings (SSSR count). The van der Waals surface area contributed by atoms with E-state index < -0.39 is 6.04 Å². The first-order valence-corrected chi connectivity index (χ1v) is 6.30. The van der Waals surface area contributed by atoms with Crippen molar-refractivity contribution in [3.8, 4) is 0 Å². The Bertz CT molecular complexity index is 510. The fourth-order valence-corrected chi connectivity index (χ4v) is 2.30. The molecule has 0 unspecified atom stereocenters. The molecule has 0 aliphatic carbocycles. The largest absolute Gasteiger partial charge is 0.464 e. The summed E-state index contributed by atoms with van der Waals surface area (Å²) in [5.74, 6) is -0.496. The summed E-state index contributed by atoms with van der Waals surface area (Å²) in [6.45, 7) is 5.35. The molecule has 0 bridgehead atoms. The molecule has 0 N–H and O–H groups in total. The first kappa shape index (κ1) is 13.3. The monoisotopic (exact) mass is 259 g/mol. The number of anilines is 1. The van der Waals surface area contributed by atoms with Crippen molar-refractivity contribution in [1.82, 2.24) is 0 Å². The maximum Gasteiger partial charge on any atom is 0.329 e. The Balaban J connectivity index is 2.16. The van der Waals surface area contributed by atoms with Crippen molar-refractivity contribution >= 4 is 17.6 Å². The summed E-state index contributed by atoms with van der Waals surface area (Å²) in [5.41, 5.74) is 1.81. The fraction of sp³-hybridized carbons (Fsp3) is 0.333. The van der Waals surface area contributed by atoms with E-state index in [1.165, 1.54) is 11.8 Å². The van der Waals surface area contributed by atoms with Crippen LogP contribution in [0.25, 0.3) is 0 Å². The Kier molecular flexibility index (Phi) is 4.00. The van der Waals surface area contributed by atoms with Crippen LogP contribution in [0.4, 0.5) is 5.69 Å². The smallest absolute Gasteiger partial charge is 0.329 e. The quantitative estimate of drug-likeness (QED) is 0.472. The second-order valence-electron chi connectivity index (χ2n) is 4.48. The summed E-state index contributed by atoms with van der Waals surface area (Å²) < 4.78 is 5.17. The normalized spacial score (nSPS) is 16.9. The van der Waals surface area contributed by atoms with Crippen LogP contribution < -0.4 is 4.90 Å². The molecular formula is C15H17NO3. The maximum absolute atomic E-state index is 12.1. The first-order chi connectivity index (χ1) is 9.15. The molecule has 1 aliphatic rings.